The predicted molar refractivity (Wildman–Crippen MR) is 92.5 cm³/mol. The van der Waals surface area contributed by atoms with Gasteiger partial charge in [0, 0.05) is 16.6 Å². The number of ether oxygens (including phenoxy) is 1. The van der Waals surface area contributed by atoms with E-state index in [4.69, 9.17) is 4.74 Å². The Morgan fingerprint density at radius 1 is 1.22 bits per heavy atom. The number of allylic oxidation sites excluding steroid dienone is 1. The molecule has 0 spiro atoms. The average molecular weight is 376 g/mol. The van der Waals surface area contributed by atoms with Gasteiger partial charge in [-0.3, -0.25) is 9.78 Å². The van der Waals surface area contributed by atoms with Crippen LogP contribution in [0.15, 0.2) is 28.9 Å². The van der Waals surface area contributed by atoms with Crippen LogP contribution in [0.3, 0.4) is 0 Å². The van der Waals surface area contributed by atoms with Gasteiger partial charge in [-0.1, -0.05) is 25.3 Å². The third-order valence-corrected chi connectivity index (χ3v) is 6.36. The quantitative estimate of drug-likeness (QED) is 0.708. The normalized spacial score (nSPS) is 36.6. The van der Waals surface area contributed by atoms with Crippen LogP contribution in [-0.4, -0.2) is 17.1 Å². The van der Waals surface area contributed by atoms with E-state index >= 15 is 0 Å². The van der Waals surface area contributed by atoms with Crippen LogP contribution in [0.25, 0.3) is 6.08 Å². The summed E-state index contributed by atoms with van der Waals surface area (Å²) in [4.78, 5) is 16.2. The molecule has 0 radical (unpaired) electrons. The highest BCUT2D eigenvalue weighted by molar-refractivity contribution is 9.10. The molecular formula is C19H22BrNO2. The highest BCUT2D eigenvalue weighted by atomic mass is 79.9. The van der Waals surface area contributed by atoms with Crippen LogP contribution in [0.2, 0.25) is 0 Å². The van der Waals surface area contributed by atoms with Crippen LogP contribution in [0.1, 0.15) is 44.2 Å². The summed E-state index contributed by atoms with van der Waals surface area (Å²) < 4.78 is 6.61. The first-order chi connectivity index (χ1) is 11.2. The molecule has 2 saturated carbocycles. The maximum atomic E-state index is 11.8. The molecule has 0 aromatic carbocycles. The van der Waals surface area contributed by atoms with Crippen molar-refractivity contribution in [3.8, 4) is 0 Å². The summed E-state index contributed by atoms with van der Waals surface area (Å²) >= 11 is 3.42. The largest absolute Gasteiger partial charge is 0.462 e. The summed E-state index contributed by atoms with van der Waals surface area (Å²) in [6.45, 7) is 0. The second-order valence-electron chi connectivity index (χ2n) is 7.18. The van der Waals surface area contributed by atoms with E-state index in [1.165, 1.54) is 25.7 Å². The van der Waals surface area contributed by atoms with Gasteiger partial charge in [0.2, 0.25) is 0 Å². The van der Waals surface area contributed by atoms with Crippen LogP contribution in [0, 0.1) is 23.7 Å². The lowest BCUT2D eigenvalue weighted by atomic mass is 9.60. The van der Waals surface area contributed by atoms with Crippen LogP contribution >= 0.6 is 15.9 Å². The number of fused-ring (bicyclic) bond motifs is 2. The molecule has 1 saturated heterocycles. The van der Waals surface area contributed by atoms with Gasteiger partial charge >= 0.3 is 5.97 Å². The predicted octanol–water partition coefficient (Wildman–Crippen LogP) is 4.62. The molecule has 3 aliphatic rings. The standard InChI is InChI=1S/C19H22BrNO2/c20-13-5-6-14(21-11-13)7-8-16-15-4-2-1-3-12(15)9-18-17(16)10-19(22)23-18/h5-8,11-12,15-18H,1-4,9-10H2/b8-7+/t12-,15+,16-,17+,18-/m0/s1. The Balaban J connectivity index is 1.59. The first-order valence-corrected chi connectivity index (χ1v) is 9.49. The summed E-state index contributed by atoms with van der Waals surface area (Å²) in [5.41, 5.74) is 0.980. The minimum Gasteiger partial charge on any atom is -0.462 e. The maximum absolute atomic E-state index is 11.8. The smallest absolute Gasteiger partial charge is 0.306 e. The number of aromatic nitrogens is 1. The van der Waals surface area contributed by atoms with Crippen molar-refractivity contribution in [3.63, 3.8) is 0 Å². The van der Waals surface area contributed by atoms with Gasteiger partial charge in [0.15, 0.2) is 0 Å². The van der Waals surface area contributed by atoms with Crippen LogP contribution in [0.4, 0.5) is 0 Å². The SMILES string of the molecule is O=C1C[C@@H]2[C@@H](/C=C/c3ccc(Br)cn3)[C@@H]3CCCC[C@H]3C[C@@H]2O1. The number of pyridine rings is 1. The van der Waals surface area contributed by atoms with E-state index in [0.717, 1.165) is 22.5 Å². The average Bonchev–Trinajstić information content (AvgIpc) is 2.93. The Hall–Kier alpha value is -1.16. The van der Waals surface area contributed by atoms with Gasteiger partial charge in [-0.2, -0.15) is 0 Å². The molecular weight excluding hydrogens is 354 g/mol. The highest BCUT2D eigenvalue weighted by Crippen LogP contribution is 2.51. The molecule has 2 heterocycles. The van der Waals surface area contributed by atoms with E-state index in [9.17, 15) is 4.79 Å². The molecule has 23 heavy (non-hydrogen) atoms. The van der Waals surface area contributed by atoms with Gasteiger partial charge in [0.25, 0.3) is 0 Å². The van der Waals surface area contributed by atoms with E-state index < -0.39 is 0 Å². The number of halogens is 1. The lowest BCUT2D eigenvalue weighted by molar-refractivity contribution is -0.143. The number of hydrogen-bond donors (Lipinski definition) is 0. The summed E-state index contributed by atoms with van der Waals surface area (Å²) in [6, 6.07) is 4.04. The highest BCUT2D eigenvalue weighted by Gasteiger charge is 2.49. The molecule has 4 rings (SSSR count). The third-order valence-electron chi connectivity index (χ3n) is 5.89. The fraction of sp³-hybridized carbons (Fsp3) is 0.579. The number of hydrogen-bond acceptors (Lipinski definition) is 3. The number of nitrogens with zero attached hydrogens (tertiary/aromatic N) is 1. The summed E-state index contributed by atoms with van der Waals surface area (Å²) in [7, 11) is 0. The number of esters is 1. The molecule has 3 fully saturated rings. The monoisotopic (exact) mass is 375 g/mol. The fourth-order valence-electron chi connectivity index (χ4n) is 4.87. The molecule has 122 valence electrons. The third kappa shape index (κ3) is 3.10. The molecule has 0 N–H and O–H groups in total. The minimum atomic E-state index is -0.00110. The van der Waals surface area contributed by atoms with Crippen molar-refractivity contribution >= 4 is 28.0 Å². The van der Waals surface area contributed by atoms with Crippen molar-refractivity contribution in [2.24, 2.45) is 23.7 Å². The number of carbonyl (C=O) groups is 1. The second kappa shape index (κ2) is 6.39. The molecule has 1 aromatic rings. The molecule has 0 amide bonds. The molecule has 4 heteroatoms. The zero-order valence-corrected chi connectivity index (χ0v) is 14.7. The van der Waals surface area contributed by atoms with Gasteiger partial charge < -0.3 is 4.74 Å². The lowest BCUT2D eigenvalue weighted by Gasteiger charge is -2.45. The minimum absolute atomic E-state index is 0.00110. The Labute approximate surface area is 145 Å². The molecule has 0 unspecified atom stereocenters. The number of rotatable bonds is 2. The van der Waals surface area contributed by atoms with Crippen molar-refractivity contribution in [2.75, 3.05) is 0 Å². The van der Waals surface area contributed by atoms with Gasteiger partial charge in [-0.05, 0) is 64.7 Å². The molecule has 0 bridgehead atoms. The van der Waals surface area contributed by atoms with E-state index in [1.807, 2.05) is 18.3 Å². The molecule has 1 aromatic heterocycles. The zero-order chi connectivity index (χ0) is 15.8. The van der Waals surface area contributed by atoms with E-state index in [1.54, 1.807) is 0 Å². The van der Waals surface area contributed by atoms with Crippen LogP contribution < -0.4 is 0 Å². The second-order valence-corrected chi connectivity index (χ2v) is 8.09. The van der Waals surface area contributed by atoms with Gasteiger partial charge in [0.05, 0.1) is 12.1 Å². The van der Waals surface area contributed by atoms with Crippen molar-refractivity contribution in [3.05, 3.63) is 34.6 Å². The fourth-order valence-corrected chi connectivity index (χ4v) is 5.10. The Kier molecular flexibility index (Phi) is 4.27. The van der Waals surface area contributed by atoms with Crippen LogP contribution in [0.5, 0.6) is 0 Å². The van der Waals surface area contributed by atoms with E-state index in [-0.39, 0.29) is 12.1 Å². The summed E-state index contributed by atoms with van der Waals surface area (Å²) in [5, 5.41) is 0. The zero-order valence-electron chi connectivity index (χ0n) is 13.2. The van der Waals surface area contributed by atoms with Gasteiger partial charge in [-0.15, -0.1) is 0 Å². The van der Waals surface area contributed by atoms with Crippen molar-refractivity contribution in [1.82, 2.24) is 4.98 Å². The van der Waals surface area contributed by atoms with Crippen molar-refractivity contribution in [2.45, 2.75) is 44.6 Å². The van der Waals surface area contributed by atoms with Crippen LogP contribution in [-0.2, 0) is 9.53 Å². The first kappa shape index (κ1) is 15.4. The lowest BCUT2D eigenvalue weighted by Crippen LogP contribution is -2.41. The Bertz CT molecular complexity index is 612. The molecule has 5 atom stereocenters. The summed E-state index contributed by atoms with van der Waals surface area (Å²) in [5.74, 6) is 2.26. The molecule has 1 aliphatic heterocycles. The maximum Gasteiger partial charge on any atom is 0.306 e. The van der Waals surface area contributed by atoms with Gasteiger partial charge in [-0.25, -0.2) is 0 Å². The van der Waals surface area contributed by atoms with Gasteiger partial charge in [0.1, 0.15) is 6.10 Å². The van der Waals surface area contributed by atoms with Crippen molar-refractivity contribution in [1.29, 1.82) is 0 Å². The summed E-state index contributed by atoms with van der Waals surface area (Å²) in [6.07, 6.45) is 13.4. The van der Waals surface area contributed by atoms with Crippen molar-refractivity contribution < 1.29 is 9.53 Å². The van der Waals surface area contributed by atoms with E-state index in [2.05, 4.69) is 33.1 Å². The molecule has 2 aliphatic carbocycles. The van der Waals surface area contributed by atoms with E-state index in [0.29, 0.717) is 24.2 Å². The first-order valence-electron chi connectivity index (χ1n) is 8.70. The topological polar surface area (TPSA) is 39.2 Å². The Morgan fingerprint density at radius 3 is 2.91 bits per heavy atom. The Morgan fingerprint density at radius 2 is 2.09 bits per heavy atom. The molecule has 3 nitrogen and oxygen atoms in total. The number of carbonyl (C=O) groups excluding carboxylic acids is 1.